The highest BCUT2D eigenvalue weighted by atomic mass is 35.5. The minimum absolute atomic E-state index is 0.0989. The van der Waals surface area contributed by atoms with E-state index >= 15 is 0 Å². The summed E-state index contributed by atoms with van der Waals surface area (Å²) in [5.74, 6) is 0.0989. The van der Waals surface area contributed by atoms with Gasteiger partial charge in [-0.1, -0.05) is 60.1 Å². The molecule has 1 aliphatic rings. The number of thiazole rings is 1. The molecule has 0 atom stereocenters. The summed E-state index contributed by atoms with van der Waals surface area (Å²) >= 11 is 7.38. The predicted molar refractivity (Wildman–Crippen MR) is 141 cm³/mol. The van der Waals surface area contributed by atoms with Gasteiger partial charge < -0.3 is 15.1 Å². The van der Waals surface area contributed by atoms with Crippen LogP contribution in [-0.4, -0.2) is 42.0 Å². The highest BCUT2D eigenvalue weighted by molar-refractivity contribution is 7.15. The Hall–Kier alpha value is -3.35. The van der Waals surface area contributed by atoms with E-state index in [0.29, 0.717) is 24.1 Å². The molecule has 172 valence electrons. The SMILES string of the molecule is O=C(c1ccccc1-c1ccccc1)N1CCN(c2ccc(NCc3cnc(Cl)s3)cc2)CC1. The van der Waals surface area contributed by atoms with Crippen LogP contribution >= 0.6 is 22.9 Å². The van der Waals surface area contributed by atoms with E-state index in [1.165, 1.54) is 17.0 Å². The second-order valence-corrected chi connectivity index (χ2v) is 9.87. The second-order valence-electron chi connectivity index (χ2n) is 8.17. The quantitative estimate of drug-likeness (QED) is 0.359. The fraction of sp³-hybridized carbons (Fsp3) is 0.185. The molecular formula is C27H25ClN4OS. The standard InChI is InChI=1S/C27H25ClN4OS/c28-27-30-19-23(34-27)18-29-21-10-12-22(13-11-21)31-14-16-32(17-15-31)26(33)25-9-5-4-8-24(25)20-6-2-1-3-7-20/h1-13,19,29H,14-18H2. The number of carbonyl (C=O) groups is 1. The molecule has 2 heterocycles. The Bertz CT molecular complexity index is 1250. The molecule has 1 amide bonds. The number of halogens is 1. The zero-order chi connectivity index (χ0) is 23.3. The van der Waals surface area contributed by atoms with E-state index < -0.39 is 0 Å². The van der Waals surface area contributed by atoms with Gasteiger partial charge in [-0.05, 0) is 41.5 Å². The van der Waals surface area contributed by atoms with Crippen LogP contribution in [0.1, 0.15) is 15.2 Å². The van der Waals surface area contributed by atoms with Gasteiger partial charge in [0.15, 0.2) is 4.47 Å². The van der Waals surface area contributed by atoms with Gasteiger partial charge in [0, 0.05) is 54.2 Å². The fourth-order valence-corrected chi connectivity index (χ4v) is 5.14. The van der Waals surface area contributed by atoms with Crippen LogP contribution in [-0.2, 0) is 6.54 Å². The van der Waals surface area contributed by atoms with Gasteiger partial charge in [-0.2, -0.15) is 0 Å². The minimum Gasteiger partial charge on any atom is -0.380 e. The lowest BCUT2D eigenvalue weighted by molar-refractivity contribution is 0.0747. The maximum Gasteiger partial charge on any atom is 0.254 e. The van der Waals surface area contributed by atoms with Gasteiger partial charge in [-0.3, -0.25) is 4.79 Å². The second kappa shape index (κ2) is 10.3. The number of nitrogens with one attached hydrogen (secondary N) is 1. The van der Waals surface area contributed by atoms with Crippen molar-refractivity contribution in [2.24, 2.45) is 0 Å². The summed E-state index contributed by atoms with van der Waals surface area (Å²) < 4.78 is 0.563. The molecule has 0 radical (unpaired) electrons. The van der Waals surface area contributed by atoms with Crippen molar-refractivity contribution in [1.82, 2.24) is 9.88 Å². The van der Waals surface area contributed by atoms with Crippen LogP contribution in [0, 0.1) is 0 Å². The van der Waals surface area contributed by atoms with E-state index in [-0.39, 0.29) is 5.91 Å². The molecular weight excluding hydrogens is 464 g/mol. The van der Waals surface area contributed by atoms with Crippen molar-refractivity contribution in [2.45, 2.75) is 6.54 Å². The zero-order valence-electron chi connectivity index (χ0n) is 18.7. The monoisotopic (exact) mass is 488 g/mol. The molecule has 3 aromatic carbocycles. The Morgan fingerprint density at radius 3 is 2.32 bits per heavy atom. The molecule has 1 aliphatic heterocycles. The summed E-state index contributed by atoms with van der Waals surface area (Å²) in [5.41, 5.74) is 5.04. The minimum atomic E-state index is 0.0989. The molecule has 0 unspecified atom stereocenters. The lowest BCUT2D eigenvalue weighted by Crippen LogP contribution is -2.48. The zero-order valence-corrected chi connectivity index (χ0v) is 20.2. The summed E-state index contributed by atoms with van der Waals surface area (Å²) in [6, 6.07) is 26.4. The molecule has 0 aliphatic carbocycles. The summed E-state index contributed by atoms with van der Waals surface area (Å²) in [6.45, 7) is 3.73. The molecule has 7 heteroatoms. The molecule has 0 saturated carbocycles. The number of benzene rings is 3. The smallest absolute Gasteiger partial charge is 0.254 e. The molecule has 1 saturated heterocycles. The highest BCUT2D eigenvalue weighted by Crippen LogP contribution is 2.26. The van der Waals surface area contributed by atoms with Crippen LogP contribution in [0.25, 0.3) is 11.1 Å². The first-order chi connectivity index (χ1) is 16.7. The van der Waals surface area contributed by atoms with Gasteiger partial charge in [0.1, 0.15) is 0 Å². The first-order valence-electron chi connectivity index (χ1n) is 11.3. The van der Waals surface area contributed by atoms with Crippen molar-refractivity contribution in [3.8, 4) is 11.1 Å². The van der Waals surface area contributed by atoms with Crippen LogP contribution in [0.15, 0.2) is 85.1 Å². The first kappa shape index (κ1) is 22.4. The number of piperazine rings is 1. The molecule has 0 bridgehead atoms. The van der Waals surface area contributed by atoms with Gasteiger partial charge in [-0.15, -0.1) is 11.3 Å². The summed E-state index contributed by atoms with van der Waals surface area (Å²) in [5, 5.41) is 3.40. The normalized spacial score (nSPS) is 13.7. The van der Waals surface area contributed by atoms with Crippen molar-refractivity contribution < 1.29 is 4.79 Å². The molecule has 1 aromatic heterocycles. The fourth-order valence-electron chi connectivity index (χ4n) is 4.22. The third kappa shape index (κ3) is 5.08. The average Bonchev–Trinajstić information content (AvgIpc) is 3.33. The number of anilines is 2. The van der Waals surface area contributed by atoms with Crippen LogP contribution in [0.5, 0.6) is 0 Å². The molecule has 34 heavy (non-hydrogen) atoms. The van der Waals surface area contributed by atoms with E-state index in [4.69, 9.17) is 11.6 Å². The van der Waals surface area contributed by atoms with Crippen LogP contribution in [0.4, 0.5) is 11.4 Å². The topological polar surface area (TPSA) is 48.5 Å². The van der Waals surface area contributed by atoms with Crippen molar-refractivity contribution >= 4 is 40.2 Å². The van der Waals surface area contributed by atoms with E-state index in [2.05, 4.69) is 51.6 Å². The Morgan fingerprint density at radius 1 is 0.912 bits per heavy atom. The summed E-state index contributed by atoms with van der Waals surface area (Å²) in [7, 11) is 0. The molecule has 1 N–H and O–H groups in total. The Morgan fingerprint density at radius 2 is 1.62 bits per heavy atom. The Labute approximate surface area is 208 Å². The van der Waals surface area contributed by atoms with E-state index in [0.717, 1.165) is 40.3 Å². The average molecular weight is 489 g/mol. The maximum atomic E-state index is 13.4. The van der Waals surface area contributed by atoms with Gasteiger partial charge in [0.05, 0.1) is 6.54 Å². The highest BCUT2D eigenvalue weighted by Gasteiger charge is 2.24. The van der Waals surface area contributed by atoms with Crippen molar-refractivity contribution in [2.75, 3.05) is 36.4 Å². The molecule has 5 rings (SSSR count). The molecule has 4 aromatic rings. The van der Waals surface area contributed by atoms with E-state index in [1.54, 1.807) is 6.20 Å². The maximum absolute atomic E-state index is 13.4. The number of hydrogen-bond donors (Lipinski definition) is 1. The van der Waals surface area contributed by atoms with Crippen molar-refractivity contribution in [3.05, 3.63) is 100.0 Å². The van der Waals surface area contributed by atoms with Crippen LogP contribution in [0.2, 0.25) is 4.47 Å². The molecule has 1 fully saturated rings. The first-order valence-corrected chi connectivity index (χ1v) is 12.5. The third-order valence-corrected chi connectivity index (χ3v) is 7.15. The van der Waals surface area contributed by atoms with Crippen LogP contribution < -0.4 is 10.2 Å². The van der Waals surface area contributed by atoms with E-state index in [9.17, 15) is 4.79 Å². The number of amides is 1. The number of rotatable bonds is 6. The number of hydrogen-bond acceptors (Lipinski definition) is 5. The van der Waals surface area contributed by atoms with Crippen molar-refractivity contribution in [1.29, 1.82) is 0 Å². The lowest BCUT2D eigenvalue weighted by atomic mass is 9.98. The molecule has 5 nitrogen and oxygen atoms in total. The molecule has 0 spiro atoms. The van der Waals surface area contributed by atoms with Gasteiger partial charge in [-0.25, -0.2) is 4.98 Å². The predicted octanol–water partition coefficient (Wildman–Crippen LogP) is 6.04. The largest absolute Gasteiger partial charge is 0.380 e. The Kier molecular flexibility index (Phi) is 6.79. The number of carbonyl (C=O) groups excluding carboxylic acids is 1. The van der Waals surface area contributed by atoms with Crippen LogP contribution in [0.3, 0.4) is 0 Å². The van der Waals surface area contributed by atoms with Gasteiger partial charge >= 0.3 is 0 Å². The lowest BCUT2D eigenvalue weighted by Gasteiger charge is -2.36. The summed E-state index contributed by atoms with van der Waals surface area (Å²) in [4.78, 5) is 22.8. The van der Waals surface area contributed by atoms with Gasteiger partial charge in [0.2, 0.25) is 0 Å². The number of nitrogens with zero attached hydrogens (tertiary/aromatic N) is 3. The number of aromatic nitrogens is 1. The Balaban J connectivity index is 1.19. The van der Waals surface area contributed by atoms with Crippen molar-refractivity contribution in [3.63, 3.8) is 0 Å². The third-order valence-electron chi connectivity index (χ3n) is 6.03. The van der Waals surface area contributed by atoms with Gasteiger partial charge in [0.25, 0.3) is 5.91 Å². The summed E-state index contributed by atoms with van der Waals surface area (Å²) in [6.07, 6.45) is 1.80. The van der Waals surface area contributed by atoms with E-state index in [1.807, 2.05) is 47.4 Å².